The third kappa shape index (κ3) is 3.23. The predicted octanol–water partition coefficient (Wildman–Crippen LogP) is 3.34. The highest BCUT2D eigenvalue weighted by Gasteiger charge is 2.21. The van der Waals surface area contributed by atoms with E-state index in [1.54, 1.807) is 24.3 Å². The molecule has 0 heterocycles. The standard InChI is InChI=1S/C15H18O3/c1-4-8-11(2)13(15(17)18-3)14(16)12-9-6-5-7-10-12/h4-11,16H,1-3H3/b8-4+,14-13+. The van der Waals surface area contributed by atoms with E-state index < -0.39 is 5.97 Å². The number of benzene rings is 1. The molecular weight excluding hydrogens is 228 g/mol. The van der Waals surface area contributed by atoms with Gasteiger partial charge in [0.25, 0.3) is 0 Å². The lowest BCUT2D eigenvalue weighted by Gasteiger charge is -2.13. The van der Waals surface area contributed by atoms with Gasteiger partial charge in [-0.1, -0.05) is 49.4 Å². The van der Waals surface area contributed by atoms with E-state index in [2.05, 4.69) is 0 Å². The number of carbonyl (C=O) groups excluding carboxylic acids is 1. The van der Waals surface area contributed by atoms with Gasteiger partial charge in [0.1, 0.15) is 5.76 Å². The lowest BCUT2D eigenvalue weighted by Crippen LogP contribution is -2.13. The second-order valence-electron chi connectivity index (χ2n) is 3.93. The van der Waals surface area contributed by atoms with Crippen LogP contribution in [0.25, 0.3) is 5.76 Å². The summed E-state index contributed by atoms with van der Waals surface area (Å²) >= 11 is 0. The molecule has 1 N–H and O–H groups in total. The summed E-state index contributed by atoms with van der Waals surface area (Å²) in [6, 6.07) is 8.97. The first-order valence-corrected chi connectivity index (χ1v) is 5.81. The van der Waals surface area contributed by atoms with Gasteiger partial charge in [0.15, 0.2) is 0 Å². The minimum atomic E-state index is -0.512. The van der Waals surface area contributed by atoms with Gasteiger partial charge < -0.3 is 9.84 Å². The molecule has 1 atom stereocenters. The van der Waals surface area contributed by atoms with Crippen LogP contribution in [0, 0.1) is 5.92 Å². The predicted molar refractivity (Wildman–Crippen MR) is 72.0 cm³/mol. The molecule has 3 nitrogen and oxygen atoms in total. The van der Waals surface area contributed by atoms with Crippen molar-refractivity contribution in [1.29, 1.82) is 0 Å². The molecular formula is C15H18O3. The number of esters is 1. The molecule has 0 aliphatic rings. The first kappa shape index (κ1) is 14.0. The highest BCUT2D eigenvalue weighted by Crippen LogP contribution is 2.23. The van der Waals surface area contributed by atoms with E-state index in [1.165, 1.54) is 7.11 Å². The van der Waals surface area contributed by atoms with E-state index in [1.807, 2.05) is 32.1 Å². The van der Waals surface area contributed by atoms with Gasteiger partial charge in [0.05, 0.1) is 12.7 Å². The Bertz CT molecular complexity index is 458. The molecule has 1 aromatic carbocycles. The van der Waals surface area contributed by atoms with Crippen LogP contribution < -0.4 is 0 Å². The Morgan fingerprint density at radius 1 is 1.33 bits per heavy atom. The molecule has 96 valence electrons. The monoisotopic (exact) mass is 246 g/mol. The Balaban J connectivity index is 3.28. The number of rotatable bonds is 4. The molecule has 0 saturated heterocycles. The van der Waals surface area contributed by atoms with Gasteiger partial charge in [-0.15, -0.1) is 0 Å². The van der Waals surface area contributed by atoms with Crippen molar-refractivity contribution in [1.82, 2.24) is 0 Å². The molecule has 0 radical (unpaired) electrons. The number of aliphatic hydroxyl groups is 1. The summed E-state index contributed by atoms with van der Waals surface area (Å²) < 4.78 is 4.73. The molecule has 3 heteroatoms. The SMILES string of the molecule is C/C=C/C(C)/C(C(=O)OC)=C(\O)c1ccccc1. The van der Waals surface area contributed by atoms with Crippen molar-refractivity contribution in [3.63, 3.8) is 0 Å². The zero-order valence-corrected chi connectivity index (χ0v) is 10.9. The number of aliphatic hydroxyl groups excluding tert-OH is 1. The Kier molecular flexibility index (Phi) is 5.18. The van der Waals surface area contributed by atoms with Crippen LogP contribution in [0.15, 0.2) is 48.1 Å². The Labute approximate surface area is 107 Å². The maximum absolute atomic E-state index is 11.8. The van der Waals surface area contributed by atoms with Crippen molar-refractivity contribution < 1.29 is 14.6 Å². The fraction of sp³-hybridized carbons (Fsp3) is 0.267. The summed E-state index contributed by atoms with van der Waals surface area (Å²) in [5.74, 6) is -0.752. The van der Waals surface area contributed by atoms with Crippen molar-refractivity contribution in [2.75, 3.05) is 7.11 Å². The Hall–Kier alpha value is -2.03. The summed E-state index contributed by atoms with van der Waals surface area (Å²) in [7, 11) is 1.31. The van der Waals surface area contributed by atoms with Crippen molar-refractivity contribution in [3.05, 3.63) is 53.6 Å². The highest BCUT2D eigenvalue weighted by molar-refractivity contribution is 5.96. The lowest BCUT2D eigenvalue weighted by atomic mass is 9.96. The van der Waals surface area contributed by atoms with E-state index in [9.17, 15) is 9.90 Å². The molecule has 18 heavy (non-hydrogen) atoms. The number of carbonyl (C=O) groups is 1. The molecule has 0 aliphatic carbocycles. The van der Waals surface area contributed by atoms with E-state index in [0.29, 0.717) is 5.56 Å². The van der Waals surface area contributed by atoms with E-state index in [4.69, 9.17) is 4.74 Å². The molecule has 1 unspecified atom stereocenters. The maximum atomic E-state index is 11.8. The number of methoxy groups -OCH3 is 1. The van der Waals surface area contributed by atoms with Crippen molar-refractivity contribution in [3.8, 4) is 0 Å². The molecule has 0 bridgehead atoms. The fourth-order valence-electron chi connectivity index (χ4n) is 1.74. The van der Waals surface area contributed by atoms with Gasteiger partial charge in [-0.2, -0.15) is 0 Å². The van der Waals surface area contributed by atoms with Gasteiger partial charge in [0.2, 0.25) is 0 Å². The minimum absolute atomic E-state index is 0.0342. The van der Waals surface area contributed by atoms with Crippen LogP contribution in [-0.4, -0.2) is 18.2 Å². The quantitative estimate of drug-likeness (QED) is 0.383. The molecule has 1 aromatic rings. The van der Waals surface area contributed by atoms with Crippen LogP contribution in [0.3, 0.4) is 0 Å². The summed E-state index contributed by atoms with van der Waals surface area (Å²) in [4.78, 5) is 11.8. The molecule has 1 rings (SSSR count). The van der Waals surface area contributed by atoms with Crippen LogP contribution in [0.2, 0.25) is 0 Å². The van der Waals surface area contributed by atoms with Crippen LogP contribution in [0.1, 0.15) is 19.4 Å². The van der Waals surface area contributed by atoms with Crippen molar-refractivity contribution in [2.45, 2.75) is 13.8 Å². The van der Waals surface area contributed by atoms with Crippen molar-refractivity contribution >= 4 is 11.7 Å². The molecule has 0 aliphatic heterocycles. The minimum Gasteiger partial charge on any atom is -0.507 e. The lowest BCUT2D eigenvalue weighted by molar-refractivity contribution is -0.136. The van der Waals surface area contributed by atoms with Gasteiger partial charge in [-0.05, 0) is 6.92 Å². The summed E-state index contributed by atoms with van der Waals surface area (Å²) in [5.41, 5.74) is 0.871. The summed E-state index contributed by atoms with van der Waals surface area (Å²) in [6.07, 6.45) is 3.68. The van der Waals surface area contributed by atoms with Crippen LogP contribution in [0.4, 0.5) is 0 Å². The van der Waals surface area contributed by atoms with Gasteiger partial charge >= 0.3 is 5.97 Å². The summed E-state index contributed by atoms with van der Waals surface area (Å²) in [5, 5.41) is 10.2. The smallest absolute Gasteiger partial charge is 0.338 e. The van der Waals surface area contributed by atoms with E-state index >= 15 is 0 Å². The van der Waals surface area contributed by atoms with Gasteiger partial charge in [-0.3, -0.25) is 0 Å². The van der Waals surface area contributed by atoms with Crippen molar-refractivity contribution in [2.24, 2.45) is 5.92 Å². The molecule has 0 fully saturated rings. The topological polar surface area (TPSA) is 46.5 Å². The highest BCUT2D eigenvalue weighted by atomic mass is 16.5. The van der Waals surface area contributed by atoms with Gasteiger partial charge in [-0.25, -0.2) is 4.79 Å². The Morgan fingerprint density at radius 2 is 1.94 bits per heavy atom. The third-order valence-corrected chi connectivity index (χ3v) is 2.64. The van der Waals surface area contributed by atoms with Gasteiger partial charge in [0, 0.05) is 11.5 Å². The average Bonchev–Trinajstić information content (AvgIpc) is 2.40. The normalized spacial score (nSPS) is 14.2. The summed E-state index contributed by atoms with van der Waals surface area (Å²) in [6.45, 7) is 3.70. The van der Waals surface area contributed by atoms with E-state index in [-0.39, 0.29) is 17.3 Å². The number of hydrogen-bond donors (Lipinski definition) is 1. The first-order chi connectivity index (χ1) is 8.61. The number of allylic oxidation sites excluding steroid dienone is 2. The van der Waals surface area contributed by atoms with Crippen LogP contribution in [0.5, 0.6) is 0 Å². The number of ether oxygens (including phenoxy) is 1. The second-order valence-corrected chi connectivity index (χ2v) is 3.93. The first-order valence-electron chi connectivity index (χ1n) is 5.81. The third-order valence-electron chi connectivity index (χ3n) is 2.64. The zero-order chi connectivity index (χ0) is 13.5. The van der Waals surface area contributed by atoms with E-state index in [0.717, 1.165) is 0 Å². The van der Waals surface area contributed by atoms with Crippen LogP contribution >= 0.6 is 0 Å². The second kappa shape index (κ2) is 6.64. The zero-order valence-electron chi connectivity index (χ0n) is 10.9. The largest absolute Gasteiger partial charge is 0.507 e. The molecule has 0 saturated carbocycles. The molecule has 0 aromatic heterocycles. The number of hydrogen-bond acceptors (Lipinski definition) is 3. The molecule has 0 spiro atoms. The average molecular weight is 246 g/mol. The maximum Gasteiger partial charge on any atom is 0.338 e. The van der Waals surface area contributed by atoms with Crippen LogP contribution in [-0.2, 0) is 9.53 Å². The fourth-order valence-corrected chi connectivity index (χ4v) is 1.74. The molecule has 0 amide bonds. The Morgan fingerprint density at radius 3 is 2.44 bits per heavy atom.